The Morgan fingerprint density at radius 1 is 1.04 bits per heavy atom. The number of rotatable bonds is 5. The largest absolute Gasteiger partial charge is 0.390 e. The van der Waals surface area contributed by atoms with Crippen molar-refractivity contribution in [3.8, 4) is 11.1 Å². The molecule has 0 aliphatic rings. The normalized spacial score (nSPS) is 11.1. The monoisotopic (exact) mass is 371 g/mol. The highest BCUT2D eigenvalue weighted by atomic mass is 16.3. The predicted octanol–water partition coefficient (Wildman–Crippen LogP) is 3.86. The molecule has 140 valence electrons. The number of hydrogen-bond acceptors (Lipinski definition) is 4. The minimum Gasteiger partial charge on any atom is -0.390 e. The molecule has 0 atom stereocenters. The first kappa shape index (κ1) is 18.1. The molecule has 28 heavy (non-hydrogen) atoms. The maximum Gasteiger partial charge on any atom is 0.168 e. The SMILES string of the molecule is Cc1ccc(C(=O)Cc2cc3cc(-c4cnn(C)c4CO)ccc3cn2)cc1. The van der Waals surface area contributed by atoms with Crippen LogP contribution in [0.4, 0.5) is 0 Å². The fourth-order valence-corrected chi connectivity index (χ4v) is 3.35. The van der Waals surface area contributed by atoms with E-state index in [4.69, 9.17) is 0 Å². The zero-order valence-corrected chi connectivity index (χ0v) is 15.9. The molecular weight excluding hydrogens is 350 g/mol. The second-order valence-electron chi connectivity index (χ2n) is 6.99. The summed E-state index contributed by atoms with van der Waals surface area (Å²) >= 11 is 0. The van der Waals surface area contributed by atoms with Crippen LogP contribution in [0.15, 0.2) is 60.9 Å². The van der Waals surface area contributed by atoms with E-state index in [-0.39, 0.29) is 18.8 Å². The highest BCUT2D eigenvalue weighted by Crippen LogP contribution is 2.27. The van der Waals surface area contributed by atoms with Crippen LogP contribution in [0.3, 0.4) is 0 Å². The van der Waals surface area contributed by atoms with Crippen LogP contribution in [0.25, 0.3) is 21.9 Å². The molecule has 2 aromatic carbocycles. The summed E-state index contributed by atoms with van der Waals surface area (Å²) in [4.78, 5) is 17.0. The molecule has 0 bridgehead atoms. The number of aliphatic hydroxyl groups is 1. The summed E-state index contributed by atoms with van der Waals surface area (Å²) in [6.45, 7) is 1.93. The number of aliphatic hydroxyl groups excluding tert-OH is 1. The summed E-state index contributed by atoms with van der Waals surface area (Å²) in [5.41, 5.74) is 5.22. The van der Waals surface area contributed by atoms with Crippen molar-refractivity contribution in [3.05, 3.63) is 83.4 Å². The van der Waals surface area contributed by atoms with E-state index in [9.17, 15) is 9.90 Å². The van der Waals surface area contributed by atoms with Crippen LogP contribution in [-0.2, 0) is 20.1 Å². The van der Waals surface area contributed by atoms with E-state index in [0.717, 1.165) is 38.9 Å². The minimum atomic E-state index is -0.0729. The molecule has 5 nitrogen and oxygen atoms in total. The first-order chi connectivity index (χ1) is 13.5. The van der Waals surface area contributed by atoms with Crippen molar-refractivity contribution in [1.82, 2.24) is 14.8 Å². The molecule has 5 heteroatoms. The maximum absolute atomic E-state index is 12.6. The van der Waals surface area contributed by atoms with Gasteiger partial charge in [-0.1, -0.05) is 42.0 Å². The highest BCUT2D eigenvalue weighted by molar-refractivity contribution is 5.98. The Morgan fingerprint density at radius 2 is 1.82 bits per heavy atom. The molecule has 0 amide bonds. The fourth-order valence-electron chi connectivity index (χ4n) is 3.35. The Hall–Kier alpha value is -3.31. The fraction of sp³-hybridized carbons (Fsp3) is 0.174. The summed E-state index contributed by atoms with van der Waals surface area (Å²) in [7, 11) is 1.81. The Bertz CT molecular complexity index is 1160. The highest BCUT2D eigenvalue weighted by Gasteiger charge is 2.12. The van der Waals surface area contributed by atoms with E-state index in [1.165, 1.54) is 0 Å². The molecule has 4 aromatic rings. The van der Waals surface area contributed by atoms with Gasteiger partial charge in [0, 0.05) is 35.5 Å². The summed E-state index contributed by atoms with van der Waals surface area (Å²) in [5, 5.41) is 15.9. The van der Waals surface area contributed by atoms with Crippen LogP contribution in [0, 0.1) is 6.92 Å². The molecule has 0 aliphatic carbocycles. The van der Waals surface area contributed by atoms with Crippen LogP contribution in [0.5, 0.6) is 0 Å². The van der Waals surface area contributed by atoms with E-state index in [0.29, 0.717) is 5.56 Å². The molecule has 0 fully saturated rings. The first-order valence-electron chi connectivity index (χ1n) is 9.16. The molecule has 0 unspecified atom stereocenters. The Morgan fingerprint density at radius 3 is 2.57 bits per heavy atom. The molecule has 4 rings (SSSR count). The van der Waals surface area contributed by atoms with Gasteiger partial charge in [0.25, 0.3) is 0 Å². The van der Waals surface area contributed by atoms with Gasteiger partial charge in [-0.15, -0.1) is 0 Å². The van der Waals surface area contributed by atoms with Crippen LogP contribution in [0.1, 0.15) is 27.3 Å². The number of nitrogens with zero attached hydrogens (tertiary/aromatic N) is 3. The lowest BCUT2D eigenvalue weighted by Crippen LogP contribution is -2.05. The van der Waals surface area contributed by atoms with Crippen LogP contribution >= 0.6 is 0 Å². The van der Waals surface area contributed by atoms with Crippen molar-refractivity contribution in [2.45, 2.75) is 20.0 Å². The third-order valence-electron chi connectivity index (χ3n) is 5.02. The van der Waals surface area contributed by atoms with E-state index < -0.39 is 0 Å². The van der Waals surface area contributed by atoms with Crippen molar-refractivity contribution >= 4 is 16.6 Å². The predicted molar refractivity (Wildman–Crippen MR) is 109 cm³/mol. The molecule has 2 aromatic heterocycles. The average molecular weight is 371 g/mol. The summed E-state index contributed by atoms with van der Waals surface area (Å²) in [6.07, 6.45) is 3.82. The zero-order valence-electron chi connectivity index (χ0n) is 15.9. The van der Waals surface area contributed by atoms with Gasteiger partial charge in [0.15, 0.2) is 5.78 Å². The number of pyridine rings is 1. The lowest BCUT2D eigenvalue weighted by molar-refractivity contribution is 0.0992. The van der Waals surface area contributed by atoms with Crippen LogP contribution in [-0.4, -0.2) is 25.7 Å². The van der Waals surface area contributed by atoms with Gasteiger partial charge >= 0.3 is 0 Å². The van der Waals surface area contributed by atoms with Gasteiger partial charge in [0.1, 0.15) is 0 Å². The number of benzene rings is 2. The minimum absolute atomic E-state index is 0.0535. The topological polar surface area (TPSA) is 68.0 Å². The quantitative estimate of drug-likeness (QED) is 0.541. The lowest BCUT2D eigenvalue weighted by atomic mass is 10.0. The maximum atomic E-state index is 12.6. The number of carbonyl (C=O) groups is 1. The molecular formula is C23H21N3O2. The van der Waals surface area contributed by atoms with Gasteiger partial charge < -0.3 is 5.11 Å². The number of hydrogen-bond donors (Lipinski definition) is 1. The van der Waals surface area contributed by atoms with Gasteiger partial charge in [-0.3, -0.25) is 14.5 Å². The van der Waals surface area contributed by atoms with Crippen molar-refractivity contribution in [1.29, 1.82) is 0 Å². The Labute approximate surface area is 163 Å². The van der Waals surface area contributed by atoms with E-state index in [2.05, 4.69) is 10.1 Å². The van der Waals surface area contributed by atoms with E-state index in [1.807, 2.05) is 62.5 Å². The van der Waals surface area contributed by atoms with Gasteiger partial charge in [-0.2, -0.15) is 5.10 Å². The number of aromatic nitrogens is 3. The van der Waals surface area contributed by atoms with Gasteiger partial charge in [-0.05, 0) is 30.0 Å². The molecule has 2 heterocycles. The summed E-state index contributed by atoms with van der Waals surface area (Å²) < 4.78 is 1.68. The standard InChI is InChI=1S/C23H21N3O2/c1-15-3-5-16(6-4-15)23(28)11-20-10-19-9-17(7-8-18(19)12-24-20)21-13-25-26(2)22(21)14-27/h3-10,12-13,27H,11,14H2,1-2H3. The third kappa shape index (κ3) is 3.44. The van der Waals surface area contributed by atoms with E-state index >= 15 is 0 Å². The molecule has 0 saturated heterocycles. The molecule has 1 N–H and O–H groups in total. The molecule has 0 saturated carbocycles. The second kappa shape index (κ2) is 7.37. The van der Waals surface area contributed by atoms with Crippen LogP contribution in [0.2, 0.25) is 0 Å². The second-order valence-corrected chi connectivity index (χ2v) is 6.99. The third-order valence-corrected chi connectivity index (χ3v) is 5.02. The van der Waals surface area contributed by atoms with Gasteiger partial charge in [0.05, 0.1) is 24.9 Å². The van der Waals surface area contributed by atoms with Crippen molar-refractivity contribution in [3.63, 3.8) is 0 Å². The summed E-state index contributed by atoms with van der Waals surface area (Å²) in [6, 6.07) is 15.6. The molecule has 0 spiro atoms. The number of carbonyl (C=O) groups excluding carboxylic acids is 1. The lowest BCUT2D eigenvalue weighted by Gasteiger charge is -2.07. The van der Waals surface area contributed by atoms with Gasteiger partial charge in [0.2, 0.25) is 0 Å². The number of fused-ring (bicyclic) bond motifs is 1. The molecule has 0 radical (unpaired) electrons. The number of ketones is 1. The van der Waals surface area contributed by atoms with Gasteiger partial charge in [-0.25, -0.2) is 0 Å². The van der Waals surface area contributed by atoms with Crippen molar-refractivity contribution < 1.29 is 9.90 Å². The number of aryl methyl sites for hydroxylation is 2. The smallest absolute Gasteiger partial charge is 0.168 e. The van der Waals surface area contributed by atoms with E-state index in [1.54, 1.807) is 17.1 Å². The summed E-state index contributed by atoms with van der Waals surface area (Å²) in [5.74, 6) is 0.0535. The Balaban J connectivity index is 1.66. The Kier molecular flexibility index (Phi) is 4.75. The number of Topliss-reactive ketones (excluding diaryl/α,β-unsaturated/α-hetero) is 1. The van der Waals surface area contributed by atoms with Crippen LogP contribution < -0.4 is 0 Å². The average Bonchev–Trinajstić information content (AvgIpc) is 3.08. The van der Waals surface area contributed by atoms with Crippen molar-refractivity contribution in [2.75, 3.05) is 0 Å². The van der Waals surface area contributed by atoms with Crippen molar-refractivity contribution in [2.24, 2.45) is 7.05 Å². The zero-order chi connectivity index (χ0) is 19.7. The first-order valence-corrected chi connectivity index (χ1v) is 9.16. The molecule has 0 aliphatic heterocycles.